The van der Waals surface area contributed by atoms with Gasteiger partial charge in [-0.15, -0.1) is 0 Å². The maximum atomic E-state index is 6.36. The summed E-state index contributed by atoms with van der Waals surface area (Å²) >= 11 is 0. The Morgan fingerprint density at radius 1 is 1.35 bits per heavy atom. The van der Waals surface area contributed by atoms with Crippen LogP contribution in [0.25, 0.3) is 0 Å². The molecule has 3 nitrogen and oxygen atoms in total. The molecule has 3 unspecified atom stereocenters. The van der Waals surface area contributed by atoms with Crippen LogP contribution < -0.4 is 5.73 Å². The van der Waals surface area contributed by atoms with Gasteiger partial charge in [0.1, 0.15) is 5.76 Å². The Morgan fingerprint density at radius 2 is 2.20 bits per heavy atom. The van der Waals surface area contributed by atoms with E-state index in [2.05, 4.69) is 24.8 Å². The summed E-state index contributed by atoms with van der Waals surface area (Å²) in [6, 6.07) is 4.41. The van der Waals surface area contributed by atoms with Gasteiger partial charge in [0.15, 0.2) is 0 Å². The Labute approximate surface area is 123 Å². The number of rotatable bonds is 7. The van der Waals surface area contributed by atoms with Crippen LogP contribution in [0.1, 0.15) is 51.7 Å². The smallest absolute Gasteiger partial charge is 0.117 e. The third kappa shape index (κ3) is 4.35. The molecule has 20 heavy (non-hydrogen) atoms. The van der Waals surface area contributed by atoms with E-state index < -0.39 is 0 Å². The lowest BCUT2D eigenvalue weighted by Gasteiger charge is -2.37. The van der Waals surface area contributed by atoms with Crippen molar-refractivity contribution in [3.8, 4) is 0 Å². The number of nitrogens with two attached hydrogens (primary N) is 1. The first-order valence-electron chi connectivity index (χ1n) is 8.23. The molecule has 114 valence electrons. The molecule has 0 amide bonds. The number of hydrogen-bond donors (Lipinski definition) is 1. The summed E-state index contributed by atoms with van der Waals surface area (Å²) in [5.74, 6) is 2.60. The highest BCUT2D eigenvalue weighted by molar-refractivity contribution is 4.98. The van der Waals surface area contributed by atoms with E-state index in [4.69, 9.17) is 10.2 Å². The summed E-state index contributed by atoms with van der Waals surface area (Å²) in [4.78, 5) is 2.47. The average Bonchev–Trinajstić information content (AvgIpc) is 2.95. The molecular weight excluding hydrogens is 248 g/mol. The van der Waals surface area contributed by atoms with E-state index >= 15 is 0 Å². The molecule has 0 aromatic carbocycles. The molecule has 0 saturated heterocycles. The monoisotopic (exact) mass is 278 g/mol. The molecule has 2 N–H and O–H groups in total. The minimum atomic E-state index is 0.383. The van der Waals surface area contributed by atoms with Crippen LogP contribution in [0.15, 0.2) is 22.8 Å². The van der Waals surface area contributed by atoms with Crippen molar-refractivity contribution in [3.05, 3.63) is 24.2 Å². The molecule has 3 heteroatoms. The zero-order valence-corrected chi connectivity index (χ0v) is 13.1. The molecule has 3 atom stereocenters. The van der Waals surface area contributed by atoms with Gasteiger partial charge in [-0.25, -0.2) is 0 Å². The summed E-state index contributed by atoms with van der Waals surface area (Å²) in [5.41, 5.74) is 6.36. The van der Waals surface area contributed by atoms with E-state index in [1.54, 1.807) is 6.26 Å². The van der Waals surface area contributed by atoms with Crippen LogP contribution in [-0.2, 0) is 6.54 Å². The van der Waals surface area contributed by atoms with Crippen molar-refractivity contribution >= 4 is 0 Å². The minimum absolute atomic E-state index is 0.383. The van der Waals surface area contributed by atoms with Crippen LogP contribution in [0.5, 0.6) is 0 Å². The third-order valence-electron chi connectivity index (χ3n) is 4.75. The first-order valence-corrected chi connectivity index (χ1v) is 8.23. The van der Waals surface area contributed by atoms with Crippen LogP contribution in [0.4, 0.5) is 0 Å². The van der Waals surface area contributed by atoms with Crippen molar-refractivity contribution in [2.24, 2.45) is 17.6 Å². The SMILES string of the molecule is CCCC1CCC(N)C(CN(CC)Cc2ccco2)C1. The second kappa shape index (κ2) is 7.84. The van der Waals surface area contributed by atoms with Gasteiger partial charge in [0, 0.05) is 12.6 Å². The first kappa shape index (κ1) is 15.6. The number of furan rings is 1. The normalized spacial score (nSPS) is 27.1. The average molecular weight is 278 g/mol. The summed E-state index contributed by atoms with van der Waals surface area (Å²) in [7, 11) is 0. The molecular formula is C17H30N2O. The fourth-order valence-corrected chi connectivity index (χ4v) is 3.53. The van der Waals surface area contributed by atoms with Crippen molar-refractivity contribution in [2.45, 2.75) is 58.5 Å². The Hall–Kier alpha value is -0.800. The maximum absolute atomic E-state index is 6.36. The van der Waals surface area contributed by atoms with Gasteiger partial charge in [0.25, 0.3) is 0 Å². The molecule has 1 aliphatic rings. The van der Waals surface area contributed by atoms with E-state index in [0.29, 0.717) is 12.0 Å². The van der Waals surface area contributed by atoms with Crippen LogP contribution >= 0.6 is 0 Å². The molecule has 0 aliphatic heterocycles. The second-order valence-corrected chi connectivity index (χ2v) is 6.30. The maximum Gasteiger partial charge on any atom is 0.117 e. The largest absolute Gasteiger partial charge is 0.468 e. The second-order valence-electron chi connectivity index (χ2n) is 6.30. The quantitative estimate of drug-likeness (QED) is 0.828. The zero-order chi connectivity index (χ0) is 14.4. The summed E-state index contributed by atoms with van der Waals surface area (Å²) in [6.45, 7) is 7.59. The van der Waals surface area contributed by atoms with Gasteiger partial charge < -0.3 is 10.2 Å². The molecule has 0 spiro atoms. The highest BCUT2D eigenvalue weighted by Crippen LogP contribution is 2.32. The van der Waals surface area contributed by atoms with Gasteiger partial charge in [-0.2, -0.15) is 0 Å². The fourth-order valence-electron chi connectivity index (χ4n) is 3.53. The standard InChI is InChI=1S/C17H30N2O/c1-3-6-14-8-9-17(18)15(11-14)12-19(4-2)13-16-7-5-10-20-16/h5,7,10,14-15,17H,3-4,6,8-9,11-13,18H2,1-2H3. The van der Waals surface area contributed by atoms with Crippen molar-refractivity contribution in [2.75, 3.05) is 13.1 Å². The first-order chi connectivity index (χ1) is 9.72. The van der Waals surface area contributed by atoms with E-state index in [1.165, 1.54) is 32.1 Å². The van der Waals surface area contributed by atoms with Crippen LogP contribution in [0, 0.1) is 11.8 Å². The molecule has 1 aromatic heterocycles. The van der Waals surface area contributed by atoms with Crippen molar-refractivity contribution in [1.29, 1.82) is 0 Å². The van der Waals surface area contributed by atoms with Gasteiger partial charge in [-0.3, -0.25) is 4.90 Å². The van der Waals surface area contributed by atoms with Crippen LogP contribution in [0.2, 0.25) is 0 Å². The lowest BCUT2D eigenvalue weighted by molar-refractivity contribution is 0.145. The summed E-state index contributed by atoms with van der Waals surface area (Å²) in [6.07, 6.45) is 8.27. The highest BCUT2D eigenvalue weighted by Gasteiger charge is 2.28. The van der Waals surface area contributed by atoms with Crippen LogP contribution in [0.3, 0.4) is 0 Å². The predicted octanol–water partition coefficient (Wildman–Crippen LogP) is 3.65. The van der Waals surface area contributed by atoms with Gasteiger partial charge in [0.2, 0.25) is 0 Å². The predicted molar refractivity (Wildman–Crippen MR) is 83.4 cm³/mol. The van der Waals surface area contributed by atoms with Gasteiger partial charge in [0.05, 0.1) is 12.8 Å². The molecule has 1 saturated carbocycles. The van der Waals surface area contributed by atoms with E-state index in [9.17, 15) is 0 Å². The van der Waals surface area contributed by atoms with E-state index in [0.717, 1.165) is 31.3 Å². The van der Waals surface area contributed by atoms with Crippen molar-refractivity contribution in [1.82, 2.24) is 4.90 Å². The zero-order valence-electron chi connectivity index (χ0n) is 13.1. The van der Waals surface area contributed by atoms with Crippen molar-refractivity contribution < 1.29 is 4.42 Å². The molecule has 1 aliphatic carbocycles. The molecule has 2 rings (SSSR count). The van der Waals surface area contributed by atoms with Gasteiger partial charge >= 0.3 is 0 Å². The Morgan fingerprint density at radius 3 is 2.85 bits per heavy atom. The number of hydrogen-bond acceptors (Lipinski definition) is 3. The van der Waals surface area contributed by atoms with Crippen molar-refractivity contribution in [3.63, 3.8) is 0 Å². The lowest BCUT2D eigenvalue weighted by Crippen LogP contribution is -2.43. The fraction of sp³-hybridized carbons (Fsp3) is 0.765. The van der Waals surface area contributed by atoms with Crippen LogP contribution in [-0.4, -0.2) is 24.0 Å². The molecule has 1 aromatic rings. The molecule has 1 heterocycles. The summed E-state index contributed by atoms with van der Waals surface area (Å²) < 4.78 is 5.47. The van der Waals surface area contributed by atoms with Gasteiger partial charge in [-0.1, -0.05) is 26.7 Å². The highest BCUT2D eigenvalue weighted by atomic mass is 16.3. The summed E-state index contributed by atoms with van der Waals surface area (Å²) in [5, 5.41) is 0. The Balaban J connectivity index is 1.87. The minimum Gasteiger partial charge on any atom is -0.468 e. The third-order valence-corrected chi connectivity index (χ3v) is 4.75. The van der Waals surface area contributed by atoms with Gasteiger partial charge in [-0.05, 0) is 49.8 Å². The molecule has 0 radical (unpaired) electrons. The van der Waals surface area contributed by atoms with E-state index in [-0.39, 0.29) is 0 Å². The topological polar surface area (TPSA) is 42.4 Å². The lowest BCUT2D eigenvalue weighted by atomic mass is 9.76. The Kier molecular flexibility index (Phi) is 6.11. The Bertz CT molecular complexity index is 363. The number of nitrogens with zero attached hydrogens (tertiary/aromatic N) is 1. The van der Waals surface area contributed by atoms with E-state index in [1.807, 2.05) is 6.07 Å². The molecule has 0 bridgehead atoms. The molecule has 1 fully saturated rings.